The van der Waals surface area contributed by atoms with Crippen LogP contribution in [0.15, 0.2) is 24.3 Å². The number of esters is 1. The second-order valence-corrected chi connectivity index (χ2v) is 5.39. The minimum Gasteiger partial charge on any atom is -0.490 e. The molecule has 1 aromatic carbocycles. The van der Waals surface area contributed by atoms with Gasteiger partial charge in [-0.25, -0.2) is 4.79 Å². The van der Waals surface area contributed by atoms with Crippen LogP contribution in [0.3, 0.4) is 0 Å². The maximum Gasteiger partial charge on any atom is 0.331 e. The van der Waals surface area contributed by atoms with Crippen molar-refractivity contribution in [3.8, 4) is 11.5 Å². The smallest absolute Gasteiger partial charge is 0.331 e. The predicted molar refractivity (Wildman–Crippen MR) is 92.9 cm³/mol. The van der Waals surface area contributed by atoms with Crippen LogP contribution < -0.4 is 9.47 Å². The van der Waals surface area contributed by atoms with Crippen LogP contribution in [0, 0.1) is 0 Å². The van der Waals surface area contributed by atoms with E-state index in [1.807, 2.05) is 32.0 Å². The molecule has 0 aliphatic rings. The van der Waals surface area contributed by atoms with Crippen LogP contribution in [0.2, 0.25) is 0 Å². The normalized spacial score (nSPS) is 12.2. The molecule has 4 nitrogen and oxygen atoms in total. The van der Waals surface area contributed by atoms with E-state index in [2.05, 4.69) is 13.8 Å². The molecule has 1 aromatic rings. The summed E-state index contributed by atoms with van der Waals surface area (Å²) >= 11 is 0. The van der Waals surface area contributed by atoms with E-state index in [-0.39, 0.29) is 12.1 Å². The summed E-state index contributed by atoms with van der Waals surface area (Å²) in [6, 6.07) is 5.66. The summed E-state index contributed by atoms with van der Waals surface area (Å²) in [4.78, 5) is 11.7. The fourth-order valence-corrected chi connectivity index (χ4v) is 1.77. The van der Waals surface area contributed by atoms with Crippen LogP contribution in [0.25, 0.3) is 6.08 Å². The summed E-state index contributed by atoms with van der Waals surface area (Å²) < 4.78 is 16.6. The van der Waals surface area contributed by atoms with Crippen molar-refractivity contribution >= 4 is 12.0 Å². The molecule has 0 aromatic heterocycles. The standard InChI is InChI=1S/C19H28O4/c1-5-12-21-17-10-8-16(14-18(17)22-13-6-2)9-11-19(20)23-15(4)7-3/h8-11,14-15H,5-7,12-13H2,1-4H3. The lowest BCUT2D eigenvalue weighted by Crippen LogP contribution is -2.11. The van der Waals surface area contributed by atoms with Crippen molar-refractivity contribution in [1.29, 1.82) is 0 Å². The maximum atomic E-state index is 11.7. The van der Waals surface area contributed by atoms with Gasteiger partial charge in [-0.1, -0.05) is 26.8 Å². The summed E-state index contributed by atoms with van der Waals surface area (Å²) in [7, 11) is 0. The van der Waals surface area contributed by atoms with Crippen molar-refractivity contribution < 1.29 is 19.0 Å². The van der Waals surface area contributed by atoms with Gasteiger partial charge in [-0.05, 0) is 50.0 Å². The molecule has 0 saturated heterocycles. The first-order chi connectivity index (χ1) is 11.1. The van der Waals surface area contributed by atoms with Gasteiger partial charge in [0.2, 0.25) is 0 Å². The van der Waals surface area contributed by atoms with E-state index < -0.39 is 0 Å². The molecule has 1 unspecified atom stereocenters. The average molecular weight is 320 g/mol. The number of hydrogen-bond donors (Lipinski definition) is 0. The number of hydrogen-bond acceptors (Lipinski definition) is 4. The van der Waals surface area contributed by atoms with Crippen molar-refractivity contribution in [2.24, 2.45) is 0 Å². The van der Waals surface area contributed by atoms with E-state index in [1.165, 1.54) is 6.08 Å². The second-order valence-electron chi connectivity index (χ2n) is 5.39. The quantitative estimate of drug-likeness (QED) is 0.466. The lowest BCUT2D eigenvalue weighted by atomic mass is 10.2. The van der Waals surface area contributed by atoms with Gasteiger partial charge in [0.15, 0.2) is 11.5 Å². The zero-order valence-electron chi connectivity index (χ0n) is 14.6. The number of carbonyl (C=O) groups excluding carboxylic acids is 1. The van der Waals surface area contributed by atoms with E-state index >= 15 is 0 Å². The zero-order chi connectivity index (χ0) is 17.1. The van der Waals surface area contributed by atoms with Gasteiger partial charge in [-0.15, -0.1) is 0 Å². The van der Waals surface area contributed by atoms with E-state index in [9.17, 15) is 4.79 Å². The number of rotatable bonds is 10. The molecule has 1 atom stereocenters. The Morgan fingerprint density at radius 2 is 1.74 bits per heavy atom. The van der Waals surface area contributed by atoms with Crippen LogP contribution in [0.1, 0.15) is 52.5 Å². The molecular weight excluding hydrogens is 292 g/mol. The first-order valence-electron chi connectivity index (χ1n) is 8.39. The van der Waals surface area contributed by atoms with Crippen LogP contribution in [-0.2, 0) is 9.53 Å². The molecule has 0 heterocycles. The topological polar surface area (TPSA) is 44.8 Å². The summed E-state index contributed by atoms with van der Waals surface area (Å²) in [6.45, 7) is 9.26. The molecule has 0 aliphatic carbocycles. The summed E-state index contributed by atoms with van der Waals surface area (Å²) in [5.41, 5.74) is 0.876. The Morgan fingerprint density at radius 1 is 1.09 bits per heavy atom. The van der Waals surface area contributed by atoms with Gasteiger partial charge in [0.05, 0.1) is 19.3 Å². The molecule has 23 heavy (non-hydrogen) atoms. The predicted octanol–water partition coefficient (Wildman–Crippen LogP) is 4.62. The van der Waals surface area contributed by atoms with Gasteiger partial charge in [0.1, 0.15) is 0 Å². The highest BCUT2D eigenvalue weighted by atomic mass is 16.5. The lowest BCUT2D eigenvalue weighted by Gasteiger charge is -2.12. The van der Waals surface area contributed by atoms with E-state index in [0.29, 0.717) is 19.0 Å². The molecule has 0 radical (unpaired) electrons. The lowest BCUT2D eigenvalue weighted by molar-refractivity contribution is -0.142. The molecule has 0 fully saturated rings. The SMILES string of the molecule is CCCOc1ccc(C=CC(=O)OC(C)CC)cc1OCCC. The molecule has 0 N–H and O–H groups in total. The van der Waals surface area contributed by atoms with Crippen LogP contribution in [0.4, 0.5) is 0 Å². The third-order valence-corrected chi connectivity index (χ3v) is 3.20. The summed E-state index contributed by atoms with van der Waals surface area (Å²) in [5, 5.41) is 0. The highest BCUT2D eigenvalue weighted by Crippen LogP contribution is 2.29. The van der Waals surface area contributed by atoms with E-state index in [1.54, 1.807) is 6.08 Å². The number of ether oxygens (including phenoxy) is 3. The van der Waals surface area contributed by atoms with Crippen LogP contribution in [0.5, 0.6) is 11.5 Å². The Labute approximate surface area is 139 Å². The Morgan fingerprint density at radius 3 is 2.35 bits per heavy atom. The van der Waals surface area contributed by atoms with Gasteiger partial charge in [-0.3, -0.25) is 0 Å². The van der Waals surface area contributed by atoms with Crippen molar-refractivity contribution in [3.05, 3.63) is 29.8 Å². The Bertz CT molecular complexity index is 508. The van der Waals surface area contributed by atoms with Gasteiger partial charge in [-0.2, -0.15) is 0 Å². The van der Waals surface area contributed by atoms with E-state index in [4.69, 9.17) is 14.2 Å². The van der Waals surface area contributed by atoms with Crippen molar-refractivity contribution in [1.82, 2.24) is 0 Å². The van der Waals surface area contributed by atoms with Crippen molar-refractivity contribution in [2.75, 3.05) is 13.2 Å². The van der Waals surface area contributed by atoms with Crippen LogP contribution in [-0.4, -0.2) is 25.3 Å². The third kappa shape index (κ3) is 7.22. The van der Waals surface area contributed by atoms with Gasteiger partial charge in [0, 0.05) is 6.08 Å². The fraction of sp³-hybridized carbons (Fsp3) is 0.526. The Kier molecular flexibility index (Phi) is 8.88. The highest BCUT2D eigenvalue weighted by Gasteiger charge is 2.07. The molecule has 0 amide bonds. The third-order valence-electron chi connectivity index (χ3n) is 3.20. The molecular formula is C19H28O4. The molecule has 4 heteroatoms. The summed E-state index contributed by atoms with van der Waals surface area (Å²) in [6.07, 6.45) is 5.77. The molecule has 128 valence electrons. The first-order valence-corrected chi connectivity index (χ1v) is 8.39. The number of carbonyl (C=O) groups is 1. The first kappa shape index (κ1) is 19.1. The molecule has 1 rings (SSSR count). The van der Waals surface area contributed by atoms with Gasteiger partial charge in [0.25, 0.3) is 0 Å². The average Bonchev–Trinajstić information content (AvgIpc) is 2.56. The monoisotopic (exact) mass is 320 g/mol. The molecule has 0 aliphatic heterocycles. The Balaban J connectivity index is 2.80. The van der Waals surface area contributed by atoms with Gasteiger partial charge >= 0.3 is 5.97 Å². The second kappa shape index (κ2) is 10.7. The number of benzene rings is 1. The zero-order valence-corrected chi connectivity index (χ0v) is 14.6. The largest absolute Gasteiger partial charge is 0.490 e. The van der Waals surface area contributed by atoms with E-state index in [0.717, 1.165) is 30.6 Å². The van der Waals surface area contributed by atoms with Crippen molar-refractivity contribution in [2.45, 2.75) is 53.1 Å². The minimum atomic E-state index is -0.332. The molecule has 0 bridgehead atoms. The molecule has 0 spiro atoms. The minimum absolute atomic E-state index is 0.0691. The summed E-state index contributed by atoms with van der Waals surface area (Å²) in [5.74, 6) is 1.11. The fourth-order valence-electron chi connectivity index (χ4n) is 1.77. The van der Waals surface area contributed by atoms with Crippen LogP contribution >= 0.6 is 0 Å². The highest BCUT2D eigenvalue weighted by molar-refractivity contribution is 5.87. The Hall–Kier alpha value is -1.97. The maximum absolute atomic E-state index is 11.7. The van der Waals surface area contributed by atoms with Crippen molar-refractivity contribution in [3.63, 3.8) is 0 Å². The van der Waals surface area contributed by atoms with Gasteiger partial charge < -0.3 is 14.2 Å². The molecule has 0 saturated carbocycles.